The molecule has 0 radical (unpaired) electrons. The van der Waals surface area contributed by atoms with E-state index in [1.165, 1.54) is 16.2 Å². The van der Waals surface area contributed by atoms with Crippen LogP contribution in [0.25, 0.3) is 0 Å². The standard InChI is InChI=1S/C8H8N2OS/c1-3-4-10(2)8(11)7-5-9-6-12-7/h1,5-6H,4H2,2H3. The van der Waals surface area contributed by atoms with Crippen molar-refractivity contribution in [3.05, 3.63) is 16.6 Å². The van der Waals surface area contributed by atoms with Crippen LogP contribution in [0.4, 0.5) is 0 Å². The quantitative estimate of drug-likeness (QED) is 0.632. The van der Waals surface area contributed by atoms with E-state index in [4.69, 9.17) is 6.42 Å². The van der Waals surface area contributed by atoms with Gasteiger partial charge in [-0.15, -0.1) is 17.8 Å². The predicted molar refractivity (Wildman–Crippen MR) is 47.9 cm³/mol. The number of hydrogen-bond donors (Lipinski definition) is 0. The highest BCUT2D eigenvalue weighted by Gasteiger charge is 2.11. The van der Waals surface area contributed by atoms with Gasteiger partial charge in [-0.25, -0.2) is 0 Å². The number of hydrogen-bond acceptors (Lipinski definition) is 3. The molecule has 0 bridgehead atoms. The number of thiazole rings is 1. The summed E-state index contributed by atoms with van der Waals surface area (Å²) in [6.07, 6.45) is 6.61. The third-order valence-electron chi connectivity index (χ3n) is 1.32. The molecule has 4 heteroatoms. The zero-order valence-corrected chi connectivity index (χ0v) is 7.47. The largest absolute Gasteiger partial charge is 0.330 e. The molecule has 62 valence electrons. The van der Waals surface area contributed by atoms with Crippen LogP contribution in [0.1, 0.15) is 9.67 Å². The van der Waals surface area contributed by atoms with Gasteiger partial charge in [-0.2, -0.15) is 0 Å². The Labute approximate surface area is 75.0 Å². The van der Waals surface area contributed by atoms with Crippen LogP contribution in [-0.2, 0) is 0 Å². The fraction of sp³-hybridized carbons (Fsp3) is 0.250. The van der Waals surface area contributed by atoms with Crippen molar-refractivity contribution in [2.24, 2.45) is 0 Å². The molecule has 1 rings (SSSR count). The molecule has 0 saturated carbocycles. The number of rotatable bonds is 2. The first-order valence-corrected chi connectivity index (χ1v) is 4.21. The molecule has 12 heavy (non-hydrogen) atoms. The lowest BCUT2D eigenvalue weighted by molar-refractivity contribution is 0.0817. The Morgan fingerprint density at radius 2 is 2.67 bits per heavy atom. The van der Waals surface area contributed by atoms with E-state index in [2.05, 4.69) is 10.9 Å². The second-order valence-corrected chi connectivity index (χ2v) is 3.12. The molecule has 0 fully saturated rings. The van der Waals surface area contributed by atoms with Gasteiger partial charge in [0.2, 0.25) is 0 Å². The van der Waals surface area contributed by atoms with E-state index in [0.717, 1.165) is 0 Å². The van der Waals surface area contributed by atoms with Crippen LogP contribution in [0.5, 0.6) is 0 Å². The molecule has 0 aromatic carbocycles. The van der Waals surface area contributed by atoms with E-state index in [1.54, 1.807) is 18.8 Å². The van der Waals surface area contributed by atoms with Crippen molar-refractivity contribution in [2.75, 3.05) is 13.6 Å². The molecule has 0 spiro atoms. The number of carbonyl (C=O) groups is 1. The van der Waals surface area contributed by atoms with Crippen molar-refractivity contribution in [2.45, 2.75) is 0 Å². The molecule has 1 amide bonds. The number of terminal acetylenes is 1. The van der Waals surface area contributed by atoms with Crippen molar-refractivity contribution in [3.63, 3.8) is 0 Å². The van der Waals surface area contributed by atoms with Gasteiger partial charge in [-0.05, 0) is 0 Å². The van der Waals surface area contributed by atoms with E-state index in [9.17, 15) is 4.79 Å². The van der Waals surface area contributed by atoms with E-state index in [-0.39, 0.29) is 5.91 Å². The van der Waals surface area contributed by atoms with Gasteiger partial charge in [0.1, 0.15) is 4.88 Å². The maximum absolute atomic E-state index is 11.4. The maximum Gasteiger partial charge on any atom is 0.266 e. The first kappa shape index (κ1) is 8.75. The second kappa shape index (κ2) is 3.88. The van der Waals surface area contributed by atoms with Crippen LogP contribution in [-0.4, -0.2) is 29.4 Å². The van der Waals surface area contributed by atoms with Crippen LogP contribution < -0.4 is 0 Å². The van der Waals surface area contributed by atoms with Gasteiger partial charge < -0.3 is 4.90 Å². The molecule has 1 heterocycles. The average Bonchev–Trinajstić information content (AvgIpc) is 2.55. The molecule has 0 unspecified atom stereocenters. The summed E-state index contributed by atoms with van der Waals surface area (Å²) in [5, 5.41) is 0. The fourth-order valence-corrected chi connectivity index (χ4v) is 1.33. The highest BCUT2D eigenvalue weighted by molar-refractivity contribution is 7.11. The molecular formula is C8H8N2OS. The van der Waals surface area contributed by atoms with Crippen molar-refractivity contribution in [3.8, 4) is 12.3 Å². The van der Waals surface area contributed by atoms with Gasteiger partial charge in [-0.3, -0.25) is 9.78 Å². The minimum Gasteiger partial charge on any atom is -0.330 e. The summed E-state index contributed by atoms with van der Waals surface area (Å²) in [6, 6.07) is 0. The maximum atomic E-state index is 11.4. The minimum absolute atomic E-state index is 0.0737. The Hall–Kier alpha value is -1.34. The smallest absolute Gasteiger partial charge is 0.266 e. The fourth-order valence-electron chi connectivity index (χ4n) is 0.718. The zero-order chi connectivity index (χ0) is 8.97. The van der Waals surface area contributed by atoms with Crippen molar-refractivity contribution < 1.29 is 4.79 Å². The van der Waals surface area contributed by atoms with Gasteiger partial charge >= 0.3 is 0 Å². The molecule has 1 aromatic rings. The molecule has 0 aliphatic carbocycles. The third kappa shape index (κ3) is 1.83. The Morgan fingerprint density at radius 1 is 1.92 bits per heavy atom. The van der Waals surface area contributed by atoms with E-state index < -0.39 is 0 Å². The predicted octanol–water partition coefficient (Wildman–Crippen LogP) is 0.848. The summed E-state index contributed by atoms with van der Waals surface area (Å²) in [4.78, 5) is 17.3. The Morgan fingerprint density at radius 3 is 3.17 bits per heavy atom. The second-order valence-electron chi connectivity index (χ2n) is 2.23. The average molecular weight is 180 g/mol. The van der Waals surface area contributed by atoms with E-state index in [1.807, 2.05) is 0 Å². The van der Waals surface area contributed by atoms with Gasteiger partial charge in [0.25, 0.3) is 5.91 Å². The van der Waals surface area contributed by atoms with E-state index >= 15 is 0 Å². The highest BCUT2D eigenvalue weighted by Crippen LogP contribution is 2.07. The summed E-state index contributed by atoms with van der Waals surface area (Å²) in [5.41, 5.74) is 1.62. The lowest BCUT2D eigenvalue weighted by Crippen LogP contribution is -2.26. The number of nitrogens with zero attached hydrogens (tertiary/aromatic N) is 2. The number of aromatic nitrogens is 1. The van der Waals surface area contributed by atoms with Crippen LogP contribution in [0, 0.1) is 12.3 Å². The molecular weight excluding hydrogens is 172 g/mol. The van der Waals surface area contributed by atoms with Crippen LogP contribution in [0.2, 0.25) is 0 Å². The molecule has 0 atom stereocenters. The summed E-state index contributed by atoms with van der Waals surface area (Å²) < 4.78 is 0. The zero-order valence-electron chi connectivity index (χ0n) is 6.65. The highest BCUT2D eigenvalue weighted by atomic mass is 32.1. The number of carbonyl (C=O) groups excluding carboxylic acids is 1. The molecule has 1 aromatic heterocycles. The van der Waals surface area contributed by atoms with Gasteiger partial charge in [0, 0.05) is 7.05 Å². The lowest BCUT2D eigenvalue weighted by Gasteiger charge is -2.11. The topological polar surface area (TPSA) is 33.2 Å². The normalized spacial score (nSPS) is 9.00. The minimum atomic E-state index is -0.0737. The number of amides is 1. The lowest BCUT2D eigenvalue weighted by atomic mass is 10.4. The Balaban J connectivity index is 2.67. The van der Waals surface area contributed by atoms with E-state index in [0.29, 0.717) is 11.4 Å². The van der Waals surface area contributed by atoms with Crippen molar-refractivity contribution in [1.82, 2.24) is 9.88 Å². The third-order valence-corrected chi connectivity index (χ3v) is 2.08. The first-order valence-electron chi connectivity index (χ1n) is 3.33. The summed E-state index contributed by atoms with van der Waals surface area (Å²) in [5.74, 6) is 2.33. The monoisotopic (exact) mass is 180 g/mol. The van der Waals surface area contributed by atoms with Crippen LogP contribution in [0.15, 0.2) is 11.7 Å². The SMILES string of the molecule is C#CCN(C)C(=O)c1cncs1. The summed E-state index contributed by atoms with van der Waals surface area (Å²) >= 11 is 1.31. The first-order chi connectivity index (χ1) is 5.75. The Kier molecular flexibility index (Phi) is 2.83. The van der Waals surface area contributed by atoms with Gasteiger partial charge in [0.15, 0.2) is 0 Å². The van der Waals surface area contributed by atoms with Crippen LogP contribution >= 0.6 is 11.3 Å². The van der Waals surface area contributed by atoms with Gasteiger partial charge in [0.05, 0.1) is 18.3 Å². The van der Waals surface area contributed by atoms with Gasteiger partial charge in [-0.1, -0.05) is 5.92 Å². The molecule has 0 aliphatic heterocycles. The molecule has 0 N–H and O–H groups in total. The van der Waals surface area contributed by atoms with Crippen molar-refractivity contribution in [1.29, 1.82) is 0 Å². The summed E-state index contributed by atoms with van der Waals surface area (Å²) in [7, 11) is 1.67. The van der Waals surface area contributed by atoms with Crippen LogP contribution in [0.3, 0.4) is 0 Å². The Bertz CT molecular complexity index is 299. The van der Waals surface area contributed by atoms with Crippen molar-refractivity contribution >= 4 is 17.2 Å². The molecule has 0 aliphatic rings. The summed E-state index contributed by atoms with van der Waals surface area (Å²) in [6.45, 7) is 0.330. The molecule has 0 saturated heterocycles. The molecule has 3 nitrogen and oxygen atoms in total.